The van der Waals surface area contributed by atoms with E-state index in [1.165, 1.54) is 27.1 Å². The fraction of sp³-hybridized carbons (Fsp3) is 0.375. The molecule has 0 saturated heterocycles. The van der Waals surface area contributed by atoms with Crippen LogP contribution >= 0.6 is 11.3 Å². The molecule has 0 amide bonds. The molecule has 1 unspecified atom stereocenters. The van der Waals surface area contributed by atoms with Gasteiger partial charge in [0.05, 0.1) is 6.10 Å². The first kappa shape index (κ1) is 13.3. The Kier molecular flexibility index (Phi) is 3.88. The van der Waals surface area contributed by atoms with E-state index in [4.69, 9.17) is 0 Å². The van der Waals surface area contributed by atoms with E-state index in [2.05, 4.69) is 45.9 Å². The lowest BCUT2D eigenvalue weighted by atomic mass is 9.95. The summed E-state index contributed by atoms with van der Waals surface area (Å²) < 4.78 is 0. The molecule has 1 atom stereocenters. The fourth-order valence-corrected chi connectivity index (χ4v) is 3.32. The van der Waals surface area contributed by atoms with E-state index < -0.39 is 0 Å². The highest BCUT2D eigenvalue weighted by atomic mass is 32.1. The third-order valence-electron chi connectivity index (χ3n) is 3.33. The zero-order chi connectivity index (χ0) is 13.3. The summed E-state index contributed by atoms with van der Waals surface area (Å²) in [4.78, 5) is 2.31. The fourth-order valence-electron chi connectivity index (χ4n) is 2.46. The van der Waals surface area contributed by atoms with Crippen LogP contribution in [0, 0.1) is 27.7 Å². The molecule has 1 aromatic heterocycles. The van der Waals surface area contributed by atoms with Gasteiger partial charge in [-0.25, -0.2) is 0 Å². The van der Waals surface area contributed by atoms with Crippen molar-refractivity contribution in [1.29, 1.82) is 0 Å². The molecule has 0 aliphatic carbocycles. The Morgan fingerprint density at radius 2 is 1.67 bits per heavy atom. The van der Waals surface area contributed by atoms with Crippen molar-refractivity contribution in [3.05, 3.63) is 56.3 Å². The van der Waals surface area contributed by atoms with Crippen LogP contribution < -0.4 is 0 Å². The molecule has 96 valence electrons. The molecule has 0 aliphatic heterocycles. The quantitative estimate of drug-likeness (QED) is 0.874. The van der Waals surface area contributed by atoms with Crippen LogP contribution in [-0.4, -0.2) is 5.11 Å². The number of thiophene rings is 1. The number of rotatable bonds is 3. The van der Waals surface area contributed by atoms with Gasteiger partial charge in [0.2, 0.25) is 0 Å². The van der Waals surface area contributed by atoms with Gasteiger partial charge in [-0.05, 0) is 56.5 Å². The molecule has 0 spiro atoms. The molecule has 0 bridgehead atoms. The lowest BCUT2D eigenvalue weighted by Crippen LogP contribution is -2.03. The summed E-state index contributed by atoms with van der Waals surface area (Å²) in [6.45, 7) is 8.44. The molecule has 0 saturated carbocycles. The van der Waals surface area contributed by atoms with Gasteiger partial charge in [-0.15, -0.1) is 11.3 Å². The second-order valence-electron chi connectivity index (χ2n) is 5.05. The van der Waals surface area contributed by atoms with E-state index in [1.807, 2.05) is 6.07 Å². The molecule has 0 fully saturated rings. The zero-order valence-electron chi connectivity index (χ0n) is 11.4. The van der Waals surface area contributed by atoms with Gasteiger partial charge in [-0.1, -0.05) is 17.7 Å². The molecule has 0 radical (unpaired) electrons. The number of aliphatic hydroxyl groups is 1. The summed E-state index contributed by atoms with van der Waals surface area (Å²) in [6.07, 6.45) is 0.321. The van der Waals surface area contributed by atoms with Gasteiger partial charge in [0, 0.05) is 16.2 Å². The van der Waals surface area contributed by atoms with Crippen molar-refractivity contribution < 1.29 is 5.11 Å². The Morgan fingerprint density at radius 1 is 1.06 bits per heavy atom. The van der Waals surface area contributed by atoms with Gasteiger partial charge < -0.3 is 5.11 Å². The first-order valence-corrected chi connectivity index (χ1v) is 7.10. The number of aryl methyl sites for hydroxylation is 4. The molecular formula is C16H20OS. The van der Waals surface area contributed by atoms with Crippen LogP contribution in [0.5, 0.6) is 0 Å². The van der Waals surface area contributed by atoms with Gasteiger partial charge >= 0.3 is 0 Å². The van der Waals surface area contributed by atoms with Gasteiger partial charge in [-0.2, -0.15) is 0 Å². The largest absolute Gasteiger partial charge is 0.387 e. The van der Waals surface area contributed by atoms with Crippen molar-refractivity contribution in [2.75, 3.05) is 0 Å². The molecule has 1 N–H and O–H groups in total. The van der Waals surface area contributed by atoms with E-state index in [1.54, 1.807) is 11.3 Å². The minimum atomic E-state index is -0.385. The highest BCUT2D eigenvalue weighted by molar-refractivity contribution is 7.12. The van der Waals surface area contributed by atoms with Crippen molar-refractivity contribution in [2.45, 2.75) is 40.2 Å². The number of hydrogen-bond donors (Lipinski definition) is 1. The highest BCUT2D eigenvalue weighted by Crippen LogP contribution is 2.28. The standard InChI is InChI=1S/C16H20OS/c1-10-7-11(2)14(12(3)8-10)9-15(17)16-6-5-13(4)18-16/h5-8,15,17H,9H2,1-4H3. The van der Waals surface area contributed by atoms with Gasteiger partial charge in [-0.3, -0.25) is 0 Å². The van der Waals surface area contributed by atoms with Crippen LogP contribution in [0.25, 0.3) is 0 Å². The third kappa shape index (κ3) is 2.82. The molecule has 0 aliphatic rings. The van der Waals surface area contributed by atoms with Crippen LogP contribution in [0.1, 0.15) is 38.1 Å². The molecule has 2 rings (SSSR count). The van der Waals surface area contributed by atoms with Gasteiger partial charge in [0.15, 0.2) is 0 Å². The molecule has 1 aromatic carbocycles. The van der Waals surface area contributed by atoms with Crippen LogP contribution in [0.3, 0.4) is 0 Å². The maximum absolute atomic E-state index is 10.3. The van der Waals surface area contributed by atoms with Crippen molar-refractivity contribution in [2.24, 2.45) is 0 Å². The zero-order valence-corrected chi connectivity index (χ0v) is 12.3. The maximum Gasteiger partial charge on any atom is 0.0922 e. The van der Waals surface area contributed by atoms with Crippen molar-refractivity contribution in [1.82, 2.24) is 0 Å². The Morgan fingerprint density at radius 3 is 2.17 bits per heavy atom. The second kappa shape index (κ2) is 5.25. The Hall–Kier alpha value is -1.12. The number of benzene rings is 1. The summed E-state index contributed by atoms with van der Waals surface area (Å²) in [5.41, 5.74) is 5.12. The molecule has 1 nitrogen and oxygen atoms in total. The van der Waals surface area contributed by atoms with Gasteiger partial charge in [0.1, 0.15) is 0 Å². The second-order valence-corrected chi connectivity index (χ2v) is 6.37. The van der Waals surface area contributed by atoms with Crippen molar-refractivity contribution in [3.8, 4) is 0 Å². The lowest BCUT2D eigenvalue weighted by molar-refractivity contribution is 0.182. The lowest BCUT2D eigenvalue weighted by Gasteiger charge is -2.14. The van der Waals surface area contributed by atoms with Crippen LogP contribution in [-0.2, 0) is 6.42 Å². The van der Waals surface area contributed by atoms with Crippen LogP contribution in [0.2, 0.25) is 0 Å². The SMILES string of the molecule is Cc1cc(C)c(CC(O)c2ccc(C)s2)c(C)c1. The molecule has 2 aromatic rings. The van der Waals surface area contributed by atoms with E-state index in [9.17, 15) is 5.11 Å². The minimum absolute atomic E-state index is 0.385. The van der Waals surface area contributed by atoms with Crippen LogP contribution in [0.15, 0.2) is 24.3 Å². The van der Waals surface area contributed by atoms with E-state index >= 15 is 0 Å². The summed E-state index contributed by atoms with van der Waals surface area (Å²) in [7, 11) is 0. The topological polar surface area (TPSA) is 20.2 Å². The third-order valence-corrected chi connectivity index (χ3v) is 4.43. The van der Waals surface area contributed by atoms with E-state index in [-0.39, 0.29) is 6.10 Å². The molecule has 1 heterocycles. The molecule has 18 heavy (non-hydrogen) atoms. The molecular weight excluding hydrogens is 240 g/mol. The summed E-state index contributed by atoms with van der Waals surface area (Å²) in [5, 5.41) is 10.3. The highest BCUT2D eigenvalue weighted by Gasteiger charge is 2.13. The Bertz CT molecular complexity index is 531. The smallest absolute Gasteiger partial charge is 0.0922 e. The Labute approximate surface area is 113 Å². The average molecular weight is 260 g/mol. The summed E-state index contributed by atoms with van der Waals surface area (Å²) >= 11 is 1.68. The van der Waals surface area contributed by atoms with Gasteiger partial charge in [0.25, 0.3) is 0 Å². The summed E-state index contributed by atoms with van der Waals surface area (Å²) in [6, 6.07) is 8.48. The average Bonchev–Trinajstić information content (AvgIpc) is 2.70. The minimum Gasteiger partial charge on any atom is -0.387 e. The van der Waals surface area contributed by atoms with E-state index in [0.717, 1.165) is 4.88 Å². The first-order chi connectivity index (χ1) is 8.47. The van der Waals surface area contributed by atoms with E-state index in [0.29, 0.717) is 6.42 Å². The summed E-state index contributed by atoms with van der Waals surface area (Å²) in [5.74, 6) is 0. The Balaban J connectivity index is 2.24. The monoisotopic (exact) mass is 260 g/mol. The van der Waals surface area contributed by atoms with Crippen molar-refractivity contribution in [3.63, 3.8) is 0 Å². The predicted octanol–water partition coefficient (Wildman–Crippen LogP) is 4.26. The molecule has 2 heteroatoms. The first-order valence-electron chi connectivity index (χ1n) is 6.28. The van der Waals surface area contributed by atoms with Crippen molar-refractivity contribution >= 4 is 11.3 Å². The maximum atomic E-state index is 10.3. The predicted molar refractivity (Wildman–Crippen MR) is 78.4 cm³/mol. The normalized spacial score (nSPS) is 12.7. The van der Waals surface area contributed by atoms with Crippen LogP contribution in [0.4, 0.5) is 0 Å². The number of aliphatic hydroxyl groups excluding tert-OH is 1. The number of hydrogen-bond acceptors (Lipinski definition) is 2.